The van der Waals surface area contributed by atoms with E-state index in [1.807, 2.05) is 20.8 Å². The number of amides is 1. The third kappa shape index (κ3) is 4.77. The first-order valence-corrected chi connectivity index (χ1v) is 8.16. The second kappa shape index (κ2) is 7.29. The highest BCUT2D eigenvalue weighted by atomic mass is 16.5. The van der Waals surface area contributed by atoms with Gasteiger partial charge in [0.1, 0.15) is 0 Å². The van der Waals surface area contributed by atoms with Gasteiger partial charge in [-0.1, -0.05) is 25.9 Å². The highest BCUT2D eigenvalue weighted by Gasteiger charge is 2.32. The van der Waals surface area contributed by atoms with Gasteiger partial charge in [0.2, 0.25) is 11.8 Å². The number of hydrogen-bond acceptors (Lipinski definition) is 6. The quantitative estimate of drug-likeness (QED) is 0.864. The molecule has 0 radical (unpaired) electrons. The number of carbonyl (C=O) groups is 2. The maximum Gasteiger partial charge on any atom is 0.334 e. The molecule has 1 fully saturated rings. The van der Waals surface area contributed by atoms with Gasteiger partial charge in [-0.3, -0.25) is 4.79 Å². The molecule has 1 aliphatic rings. The smallest absolute Gasteiger partial charge is 0.334 e. The van der Waals surface area contributed by atoms with Crippen LogP contribution in [0, 0.1) is 0 Å². The Morgan fingerprint density at radius 1 is 1.33 bits per heavy atom. The fourth-order valence-corrected chi connectivity index (χ4v) is 2.50. The van der Waals surface area contributed by atoms with E-state index in [9.17, 15) is 9.59 Å². The molecule has 2 atom stereocenters. The van der Waals surface area contributed by atoms with Gasteiger partial charge in [-0.2, -0.15) is 4.98 Å². The van der Waals surface area contributed by atoms with Gasteiger partial charge in [0.15, 0.2) is 11.9 Å². The lowest BCUT2D eigenvalue weighted by atomic mass is 9.96. The minimum absolute atomic E-state index is 0.0769. The van der Waals surface area contributed by atoms with Crippen molar-refractivity contribution in [2.45, 2.75) is 64.6 Å². The summed E-state index contributed by atoms with van der Waals surface area (Å²) in [6, 6.07) is 0. The Kier molecular flexibility index (Phi) is 5.58. The highest BCUT2D eigenvalue weighted by molar-refractivity contribution is 5.78. The standard InChI is InChI=1S/C16H25N3O5/c1-10-8-19(9-11(23-10)14(21)22)13(20)7-5-6-12-17-15(18-24-12)16(2,3)4/h10-11H,5-9H2,1-4H3,(H,21,22)/t10-,11?/m1/s1. The van der Waals surface area contributed by atoms with Crippen LogP contribution in [-0.2, 0) is 26.2 Å². The summed E-state index contributed by atoms with van der Waals surface area (Å²) >= 11 is 0. The zero-order chi connectivity index (χ0) is 17.9. The van der Waals surface area contributed by atoms with Crippen molar-refractivity contribution in [3.8, 4) is 0 Å². The van der Waals surface area contributed by atoms with Gasteiger partial charge in [0.05, 0.1) is 12.6 Å². The van der Waals surface area contributed by atoms with Gasteiger partial charge >= 0.3 is 5.97 Å². The van der Waals surface area contributed by atoms with Crippen LogP contribution in [-0.4, -0.2) is 57.3 Å². The first-order chi connectivity index (χ1) is 11.2. The van der Waals surface area contributed by atoms with Crippen LogP contribution < -0.4 is 0 Å². The molecule has 2 rings (SSSR count). The molecule has 24 heavy (non-hydrogen) atoms. The monoisotopic (exact) mass is 339 g/mol. The van der Waals surface area contributed by atoms with Crippen molar-refractivity contribution in [1.82, 2.24) is 15.0 Å². The van der Waals surface area contributed by atoms with Crippen LogP contribution in [0.1, 0.15) is 52.3 Å². The molecule has 0 aliphatic carbocycles. The van der Waals surface area contributed by atoms with Crippen LogP contribution >= 0.6 is 0 Å². The van der Waals surface area contributed by atoms with E-state index in [1.54, 1.807) is 11.8 Å². The fraction of sp³-hybridized carbons (Fsp3) is 0.750. The molecule has 8 heteroatoms. The summed E-state index contributed by atoms with van der Waals surface area (Å²) in [5.41, 5.74) is -0.173. The molecule has 1 unspecified atom stereocenters. The number of carboxylic acid groups (broad SMARTS) is 1. The Balaban J connectivity index is 1.82. The second-order valence-electron chi connectivity index (χ2n) is 7.19. The summed E-state index contributed by atoms with van der Waals surface area (Å²) in [5.74, 6) is 0.0495. The van der Waals surface area contributed by atoms with Crippen LogP contribution in [0.2, 0.25) is 0 Å². The van der Waals surface area contributed by atoms with E-state index in [2.05, 4.69) is 10.1 Å². The lowest BCUT2D eigenvalue weighted by Crippen LogP contribution is -2.51. The molecule has 134 valence electrons. The second-order valence-corrected chi connectivity index (χ2v) is 7.19. The maximum atomic E-state index is 12.3. The number of aromatic nitrogens is 2. The summed E-state index contributed by atoms with van der Waals surface area (Å²) < 4.78 is 10.5. The van der Waals surface area contributed by atoms with Crippen LogP contribution in [0.5, 0.6) is 0 Å². The van der Waals surface area contributed by atoms with Gasteiger partial charge in [-0.15, -0.1) is 0 Å². The molecule has 0 spiro atoms. The molecule has 1 N–H and O–H groups in total. The van der Waals surface area contributed by atoms with Crippen molar-refractivity contribution in [2.24, 2.45) is 0 Å². The molecule has 1 aromatic heterocycles. The van der Waals surface area contributed by atoms with Gasteiger partial charge in [-0.05, 0) is 13.3 Å². The van der Waals surface area contributed by atoms with E-state index in [0.717, 1.165) is 0 Å². The van der Waals surface area contributed by atoms with E-state index < -0.39 is 12.1 Å². The molecule has 1 aromatic rings. The minimum Gasteiger partial charge on any atom is -0.479 e. The van der Waals surface area contributed by atoms with Gasteiger partial charge in [0, 0.05) is 24.8 Å². The Hall–Kier alpha value is -1.96. The van der Waals surface area contributed by atoms with Crippen LogP contribution in [0.15, 0.2) is 4.52 Å². The summed E-state index contributed by atoms with van der Waals surface area (Å²) in [6.45, 7) is 8.28. The number of hydrogen-bond donors (Lipinski definition) is 1. The molecule has 0 saturated carbocycles. The lowest BCUT2D eigenvalue weighted by molar-refractivity contribution is -0.166. The molecule has 0 bridgehead atoms. The van der Waals surface area contributed by atoms with E-state index in [4.69, 9.17) is 14.4 Å². The number of nitrogens with zero attached hydrogens (tertiary/aromatic N) is 3. The molecular weight excluding hydrogens is 314 g/mol. The van der Waals surface area contributed by atoms with Crippen molar-refractivity contribution < 1.29 is 24.0 Å². The summed E-state index contributed by atoms with van der Waals surface area (Å²) in [6.07, 6.45) is 0.175. The number of carbonyl (C=O) groups excluding carboxylic acids is 1. The molecule has 1 aliphatic heterocycles. The third-order valence-electron chi connectivity index (χ3n) is 3.81. The largest absolute Gasteiger partial charge is 0.479 e. The molecule has 0 aromatic carbocycles. The van der Waals surface area contributed by atoms with Crippen LogP contribution in [0.4, 0.5) is 0 Å². The number of carboxylic acids is 1. The Bertz CT molecular complexity index is 593. The minimum atomic E-state index is -1.04. The number of ether oxygens (including phenoxy) is 1. The van der Waals surface area contributed by atoms with Crippen molar-refractivity contribution in [3.63, 3.8) is 0 Å². The maximum absolute atomic E-state index is 12.3. The molecule has 1 amide bonds. The first-order valence-electron chi connectivity index (χ1n) is 8.16. The zero-order valence-corrected chi connectivity index (χ0v) is 14.6. The topological polar surface area (TPSA) is 106 Å². The van der Waals surface area contributed by atoms with E-state index >= 15 is 0 Å². The van der Waals surface area contributed by atoms with Crippen molar-refractivity contribution in [2.75, 3.05) is 13.1 Å². The summed E-state index contributed by atoms with van der Waals surface area (Å²) in [4.78, 5) is 29.2. The SMILES string of the molecule is C[C@@H]1CN(C(=O)CCCc2nc(C(C)(C)C)no2)CC(C(=O)O)O1. The van der Waals surface area contributed by atoms with Crippen molar-refractivity contribution in [3.05, 3.63) is 11.7 Å². The van der Waals surface area contributed by atoms with Gasteiger partial charge < -0.3 is 19.3 Å². The Morgan fingerprint density at radius 3 is 2.62 bits per heavy atom. The Labute approximate surface area is 141 Å². The third-order valence-corrected chi connectivity index (χ3v) is 3.81. The highest BCUT2D eigenvalue weighted by Crippen LogP contribution is 2.19. The summed E-state index contributed by atoms with van der Waals surface area (Å²) in [7, 11) is 0. The zero-order valence-electron chi connectivity index (χ0n) is 14.6. The van der Waals surface area contributed by atoms with Crippen molar-refractivity contribution in [1.29, 1.82) is 0 Å². The fourth-order valence-electron chi connectivity index (χ4n) is 2.50. The average Bonchev–Trinajstić information content (AvgIpc) is 2.95. The van der Waals surface area contributed by atoms with Crippen molar-refractivity contribution >= 4 is 11.9 Å². The van der Waals surface area contributed by atoms with E-state index in [0.29, 0.717) is 37.5 Å². The number of morpholine rings is 1. The average molecular weight is 339 g/mol. The number of rotatable bonds is 5. The van der Waals surface area contributed by atoms with E-state index in [1.165, 1.54) is 0 Å². The van der Waals surface area contributed by atoms with Gasteiger partial charge in [0.25, 0.3) is 0 Å². The molecule has 1 saturated heterocycles. The predicted octanol–water partition coefficient (Wildman–Crippen LogP) is 1.39. The molecule has 2 heterocycles. The van der Waals surface area contributed by atoms with Crippen LogP contribution in [0.25, 0.3) is 0 Å². The number of aryl methyl sites for hydroxylation is 1. The lowest BCUT2D eigenvalue weighted by Gasteiger charge is -2.35. The summed E-state index contributed by atoms with van der Waals surface area (Å²) in [5, 5.41) is 13.0. The van der Waals surface area contributed by atoms with E-state index in [-0.39, 0.29) is 24.0 Å². The normalized spacial score (nSPS) is 21.8. The molecular formula is C16H25N3O5. The van der Waals surface area contributed by atoms with Gasteiger partial charge in [-0.25, -0.2) is 4.79 Å². The number of aliphatic carboxylic acids is 1. The first kappa shape index (κ1) is 18.4. The predicted molar refractivity (Wildman–Crippen MR) is 84.5 cm³/mol. The van der Waals surface area contributed by atoms with Crippen LogP contribution in [0.3, 0.4) is 0 Å². The Morgan fingerprint density at radius 2 is 2.04 bits per heavy atom. The molecule has 8 nitrogen and oxygen atoms in total.